The number of hydrogen-bond acceptors (Lipinski definition) is 1. The summed E-state index contributed by atoms with van der Waals surface area (Å²) in [7, 11) is 0. The van der Waals surface area contributed by atoms with E-state index in [1.54, 1.807) is 0 Å². The average molecular weight is 269 g/mol. The molecule has 1 nitrogen and oxygen atoms in total. The predicted molar refractivity (Wildman–Crippen MR) is 86.4 cm³/mol. The van der Waals surface area contributed by atoms with Gasteiger partial charge in [-0.3, -0.25) is 0 Å². The van der Waals surface area contributed by atoms with Crippen LogP contribution in [0, 0.1) is 0 Å². The molecule has 0 radical (unpaired) electrons. The molecular weight excluding hydrogens is 250 g/mol. The molecule has 0 amide bonds. The molecule has 0 heterocycles. The maximum absolute atomic E-state index is 5.60. The minimum atomic E-state index is 0.446. The molecule has 0 fully saturated rings. The van der Waals surface area contributed by atoms with E-state index in [0.717, 1.165) is 12.0 Å². The Labute approximate surface area is 120 Å². The summed E-state index contributed by atoms with van der Waals surface area (Å²) in [5.41, 5.74) is 10.4. The fourth-order valence-corrected chi connectivity index (χ4v) is 2.21. The first kappa shape index (κ1) is 13.8. The Hall–Kier alpha value is -1.67. The van der Waals surface area contributed by atoms with E-state index in [0.29, 0.717) is 4.99 Å². The SMILES string of the molecule is CCCCc1ccc(-c2ccc(C(N)=S)cc2)cc1. The van der Waals surface area contributed by atoms with Crippen molar-refractivity contribution >= 4 is 17.2 Å². The van der Waals surface area contributed by atoms with Crippen LogP contribution >= 0.6 is 12.2 Å². The van der Waals surface area contributed by atoms with Crippen molar-refractivity contribution in [3.8, 4) is 11.1 Å². The number of hydrogen-bond donors (Lipinski definition) is 1. The van der Waals surface area contributed by atoms with Gasteiger partial charge < -0.3 is 5.73 Å². The molecule has 0 saturated heterocycles. The highest BCUT2D eigenvalue weighted by molar-refractivity contribution is 7.80. The van der Waals surface area contributed by atoms with Crippen LogP contribution in [-0.4, -0.2) is 4.99 Å². The molecule has 2 aromatic rings. The van der Waals surface area contributed by atoms with Gasteiger partial charge in [0, 0.05) is 5.56 Å². The van der Waals surface area contributed by atoms with E-state index in [-0.39, 0.29) is 0 Å². The van der Waals surface area contributed by atoms with Crippen LogP contribution in [-0.2, 0) is 6.42 Å². The molecule has 19 heavy (non-hydrogen) atoms. The average Bonchev–Trinajstić information content (AvgIpc) is 2.46. The lowest BCUT2D eigenvalue weighted by molar-refractivity contribution is 0.795. The van der Waals surface area contributed by atoms with E-state index in [4.69, 9.17) is 18.0 Å². The fourth-order valence-electron chi connectivity index (χ4n) is 2.07. The molecule has 2 heteroatoms. The second kappa shape index (κ2) is 6.48. The maximum atomic E-state index is 5.60. The van der Waals surface area contributed by atoms with Crippen LogP contribution in [0.25, 0.3) is 11.1 Å². The Kier molecular flexibility index (Phi) is 4.69. The third-order valence-electron chi connectivity index (χ3n) is 3.28. The molecule has 0 unspecified atom stereocenters. The van der Waals surface area contributed by atoms with Crippen LogP contribution in [0.15, 0.2) is 48.5 Å². The molecule has 0 bridgehead atoms. The van der Waals surface area contributed by atoms with Crippen LogP contribution in [0.3, 0.4) is 0 Å². The van der Waals surface area contributed by atoms with Crippen LogP contribution < -0.4 is 5.73 Å². The fraction of sp³-hybridized carbons (Fsp3) is 0.235. The molecule has 0 aliphatic heterocycles. The van der Waals surface area contributed by atoms with Crippen molar-refractivity contribution in [1.29, 1.82) is 0 Å². The van der Waals surface area contributed by atoms with Crippen LogP contribution in [0.1, 0.15) is 30.9 Å². The number of unbranched alkanes of at least 4 members (excludes halogenated alkanes) is 1. The topological polar surface area (TPSA) is 26.0 Å². The second-order valence-electron chi connectivity index (χ2n) is 4.74. The first-order valence-corrected chi connectivity index (χ1v) is 7.10. The maximum Gasteiger partial charge on any atom is 0.103 e. The number of nitrogens with two attached hydrogens (primary N) is 1. The van der Waals surface area contributed by atoms with Gasteiger partial charge in [0.25, 0.3) is 0 Å². The second-order valence-corrected chi connectivity index (χ2v) is 5.18. The molecule has 0 aliphatic rings. The van der Waals surface area contributed by atoms with Gasteiger partial charge in [0.2, 0.25) is 0 Å². The number of thiocarbonyl (C=S) groups is 1. The lowest BCUT2D eigenvalue weighted by Crippen LogP contribution is -2.08. The molecule has 0 spiro atoms. The summed E-state index contributed by atoms with van der Waals surface area (Å²) in [6.07, 6.45) is 3.65. The van der Waals surface area contributed by atoms with Crippen LogP contribution in [0.2, 0.25) is 0 Å². The van der Waals surface area contributed by atoms with Crippen LogP contribution in [0.5, 0.6) is 0 Å². The Morgan fingerprint density at radius 3 is 1.95 bits per heavy atom. The molecule has 98 valence electrons. The molecule has 0 saturated carbocycles. The highest BCUT2D eigenvalue weighted by Crippen LogP contribution is 2.21. The number of aryl methyl sites for hydroxylation is 1. The first-order chi connectivity index (χ1) is 9.20. The van der Waals surface area contributed by atoms with Gasteiger partial charge in [-0.15, -0.1) is 0 Å². The van der Waals surface area contributed by atoms with E-state index in [1.165, 1.54) is 29.5 Å². The summed E-state index contributed by atoms with van der Waals surface area (Å²) < 4.78 is 0. The molecule has 0 atom stereocenters. The largest absolute Gasteiger partial charge is 0.389 e. The zero-order valence-corrected chi connectivity index (χ0v) is 12.0. The summed E-state index contributed by atoms with van der Waals surface area (Å²) in [4.78, 5) is 0.446. The van der Waals surface area contributed by atoms with E-state index < -0.39 is 0 Å². The zero-order chi connectivity index (χ0) is 13.7. The van der Waals surface area contributed by atoms with Crippen molar-refractivity contribution in [3.63, 3.8) is 0 Å². The predicted octanol–water partition coefficient (Wildman–Crippen LogP) is 4.33. The highest BCUT2D eigenvalue weighted by Gasteiger charge is 2.00. The van der Waals surface area contributed by atoms with Crippen molar-refractivity contribution in [2.24, 2.45) is 5.73 Å². The van der Waals surface area contributed by atoms with Crippen molar-refractivity contribution in [1.82, 2.24) is 0 Å². The Morgan fingerprint density at radius 2 is 1.47 bits per heavy atom. The summed E-state index contributed by atoms with van der Waals surface area (Å²) in [6, 6.07) is 16.9. The lowest BCUT2D eigenvalue weighted by Gasteiger charge is -2.05. The number of rotatable bonds is 5. The molecular formula is C17H19NS. The van der Waals surface area contributed by atoms with Gasteiger partial charge in [0.05, 0.1) is 0 Å². The lowest BCUT2D eigenvalue weighted by atomic mass is 10.0. The molecule has 2 rings (SSSR count). The molecule has 2 N–H and O–H groups in total. The smallest absolute Gasteiger partial charge is 0.103 e. The van der Waals surface area contributed by atoms with Crippen molar-refractivity contribution in [3.05, 3.63) is 59.7 Å². The third kappa shape index (κ3) is 3.65. The van der Waals surface area contributed by atoms with Gasteiger partial charge in [-0.25, -0.2) is 0 Å². The highest BCUT2D eigenvalue weighted by atomic mass is 32.1. The van der Waals surface area contributed by atoms with E-state index in [9.17, 15) is 0 Å². The van der Waals surface area contributed by atoms with Gasteiger partial charge >= 0.3 is 0 Å². The van der Waals surface area contributed by atoms with Gasteiger partial charge in [0.1, 0.15) is 4.99 Å². The summed E-state index contributed by atoms with van der Waals surface area (Å²) >= 11 is 4.96. The Morgan fingerprint density at radius 1 is 0.947 bits per heavy atom. The van der Waals surface area contributed by atoms with Gasteiger partial charge in [0.15, 0.2) is 0 Å². The normalized spacial score (nSPS) is 10.4. The summed E-state index contributed by atoms with van der Waals surface area (Å²) in [6.45, 7) is 2.22. The third-order valence-corrected chi connectivity index (χ3v) is 3.51. The minimum absolute atomic E-state index is 0.446. The first-order valence-electron chi connectivity index (χ1n) is 6.70. The van der Waals surface area contributed by atoms with Crippen LogP contribution in [0.4, 0.5) is 0 Å². The van der Waals surface area contributed by atoms with Gasteiger partial charge in [-0.1, -0.05) is 74.1 Å². The van der Waals surface area contributed by atoms with Gasteiger partial charge in [-0.2, -0.15) is 0 Å². The molecule has 0 aromatic heterocycles. The molecule has 2 aromatic carbocycles. The summed E-state index contributed by atoms with van der Waals surface area (Å²) in [5.74, 6) is 0. The quantitative estimate of drug-likeness (QED) is 0.818. The van der Waals surface area contributed by atoms with E-state index in [2.05, 4.69) is 43.3 Å². The van der Waals surface area contributed by atoms with Crippen molar-refractivity contribution < 1.29 is 0 Å². The van der Waals surface area contributed by atoms with Crippen molar-refractivity contribution in [2.75, 3.05) is 0 Å². The van der Waals surface area contributed by atoms with E-state index >= 15 is 0 Å². The standard InChI is InChI=1S/C17H19NS/c1-2-3-4-13-5-7-14(8-6-13)15-9-11-16(12-10-15)17(18)19/h5-12H,2-4H2,1H3,(H2,18,19). The summed E-state index contributed by atoms with van der Waals surface area (Å²) in [5, 5.41) is 0. The molecule has 0 aliphatic carbocycles. The van der Waals surface area contributed by atoms with Crippen molar-refractivity contribution in [2.45, 2.75) is 26.2 Å². The van der Waals surface area contributed by atoms with Gasteiger partial charge in [-0.05, 0) is 29.5 Å². The Bertz CT molecular complexity index is 540. The minimum Gasteiger partial charge on any atom is -0.389 e. The zero-order valence-electron chi connectivity index (χ0n) is 11.2. The van der Waals surface area contributed by atoms with E-state index in [1.807, 2.05) is 12.1 Å². The number of benzene rings is 2. The Balaban J connectivity index is 2.15. The monoisotopic (exact) mass is 269 g/mol.